The van der Waals surface area contributed by atoms with E-state index in [1.807, 2.05) is 0 Å². The zero-order valence-corrected chi connectivity index (χ0v) is 11.8. The Morgan fingerprint density at radius 2 is 2.27 bits per heavy atom. The predicted molar refractivity (Wildman–Crippen MR) is 73.9 cm³/mol. The minimum absolute atomic E-state index is 0.285. The summed E-state index contributed by atoms with van der Waals surface area (Å²) >= 11 is 0. The second-order valence-electron chi connectivity index (χ2n) is 4.96. The van der Waals surface area contributed by atoms with E-state index in [4.69, 9.17) is 9.84 Å². The Kier molecular flexibility index (Phi) is 3.32. The van der Waals surface area contributed by atoms with Gasteiger partial charge in [0.1, 0.15) is 12.6 Å². The van der Waals surface area contributed by atoms with Crippen LogP contribution in [0.25, 0.3) is 5.65 Å². The van der Waals surface area contributed by atoms with Crippen molar-refractivity contribution in [2.24, 2.45) is 0 Å². The van der Waals surface area contributed by atoms with E-state index < -0.39 is 23.6 Å². The van der Waals surface area contributed by atoms with Gasteiger partial charge in [-0.15, -0.1) is 5.10 Å². The van der Waals surface area contributed by atoms with Crippen molar-refractivity contribution in [2.75, 3.05) is 20.2 Å². The van der Waals surface area contributed by atoms with Gasteiger partial charge in [0, 0.05) is 12.7 Å². The summed E-state index contributed by atoms with van der Waals surface area (Å²) in [5.74, 6) is -1.07. The molecular weight excluding hydrogens is 292 g/mol. The lowest BCUT2D eigenvalue weighted by molar-refractivity contribution is -0.143. The Bertz CT molecular complexity index is 808. The lowest BCUT2D eigenvalue weighted by Crippen LogP contribution is -2.35. The summed E-state index contributed by atoms with van der Waals surface area (Å²) in [4.78, 5) is 36.6. The molecule has 116 valence electrons. The Morgan fingerprint density at radius 1 is 1.50 bits per heavy atom. The topological polar surface area (TPSA) is 106 Å². The number of likely N-dealkylation sites (tertiary alicyclic amines) is 1. The van der Waals surface area contributed by atoms with Gasteiger partial charge in [0.05, 0.1) is 7.11 Å². The van der Waals surface area contributed by atoms with Crippen LogP contribution in [0.4, 0.5) is 0 Å². The van der Waals surface area contributed by atoms with Crippen LogP contribution < -0.4 is 10.4 Å². The number of carboxylic acids is 1. The molecule has 1 amide bonds. The molecule has 3 heterocycles. The third kappa shape index (κ3) is 2.10. The van der Waals surface area contributed by atoms with Gasteiger partial charge in [-0.25, -0.2) is 9.20 Å². The standard InChI is InChI=1S/C13H14N4O5/c1-22-9-3-2-5-16-11(9)14-17(13(16)21)8-4-6-15(12(8)20)7-10(18)19/h2-3,5,8H,4,6-7H2,1H3,(H,18,19). The molecule has 1 N–H and O–H groups in total. The number of fused-ring (bicyclic) bond motifs is 1. The van der Waals surface area contributed by atoms with Crippen molar-refractivity contribution in [2.45, 2.75) is 12.5 Å². The van der Waals surface area contributed by atoms with Gasteiger partial charge in [0.25, 0.3) is 0 Å². The fourth-order valence-electron chi connectivity index (χ4n) is 2.62. The molecule has 1 aliphatic rings. The number of carboxylic acid groups (broad SMARTS) is 1. The van der Waals surface area contributed by atoms with Crippen molar-refractivity contribution >= 4 is 17.5 Å². The lowest BCUT2D eigenvalue weighted by atomic mass is 10.2. The molecule has 0 radical (unpaired) electrons. The van der Waals surface area contributed by atoms with Crippen molar-refractivity contribution in [1.82, 2.24) is 19.1 Å². The maximum Gasteiger partial charge on any atom is 0.351 e. The van der Waals surface area contributed by atoms with Gasteiger partial charge in [0.15, 0.2) is 5.75 Å². The number of aliphatic carboxylic acids is 1. The minimum Gasteiger partial charge on any atom is -0.493 e. The SMILES string of the molecule is COc1cccn2c(=O)n(C3CCN(CC(=O)O)C3=O)nc12. The molecule has 0 aromatic carbocycles. The summed E-state index contributed by atoms with van der Waals surface area (Å²) in [5, 5.41) is 13.0. The zero-order chi connectivity index (χ0) is 15.9. The molecule has 0 bridgehead atoms. The summed E-state index contributed by atoms with van der Waals surface area (Å²) in [6.45, 7) is -0.0893. The summed E-state index contributed by atoms with van der Waals surface area (Å²) in [6, 6.07) is 2.53. The van der Waals surface area contributed by atoms with Crippen LogP contribution in [0.15, 0.2) is 23.1 Å². The van der Waals surface area contributed by atoms with E-state index in [-0.39, 0.29) is 13.1 Å². The highest BCUT2D eigenvalue weighted by molar-refractivity contribution is 5.86. The fourth-order valence-corrected chi connectivity index (χ4v) is 2.62. The van der Waals surface area contributed by atoms with Crippen molar-refractivity contribution in [3.8, 4) is 5.75 Å². The number of methoxy groups -OCH3 is 1. The van der Waals surface area contributed by atoms with Crippen molar-refractivity contribution in [3.63, 3.8) is 0 Å². The van der Waals surface area contributed by atoms with Gasteiger partial charge in [-0.05, 0) is 18.6 Å². The van der Waals surface area contributed by atoms with E-state index >= 15 is 0 Å². The molecule has 3 rings (SSSR count). The molecule has 1 atom stereocenters. The largest absolute Gasteiger partial charge is 0.493 e. The summed E-state index contributed by atoms with van der Waals surface area (Å²) in [6.07, 6.45) is 1.89. The molecule has 0 saturated carbocycles. The Labute approximate surface area is 124 Å². The highest BCUT2D eigenvalue weighted by Crippen LogP contribution is 2.23. The van der Waals surface area contributed by atoms with Gasteiger partial charge in [-0.2, -0.15) is 4.68 Å². The first-order valence-electron chi connectivity index (χ1n) is 6.67. The van der Waals surface area contributed by atoms with Gasteiger partial charge in [-0.1, -0.05) is 0 Å². The zero-order valence-electron chi connectivity index (χ0n) is 11.8. The number of pyridine rings is 1. The molecule has 22 heavy (non-hydrogen) atoms. The highest BCUT2D eigenvalue weighted by atomic mass is 16.5. The maximum absolute atomic E-state index is 12.4. The van der Waals surface area contributed by atoms with Crippen LogP contribution in [-0.4, -0.2) is 56.3 Å². The van der Waals surface area contributed by atoms with Gasteiger partial charge in [0.2, 0.25) is 11.6 Å². The van der Waals surface area contributed by atoms with E-state index in [0.29, 0.717) is 17.8 Å². The average Bonchev–Trinajstić information content (AvgIpc) is 3.00. The number of aromatic nitrogens is 3. The molecule has 2 aromatic rings. The molecule has 1 fully saturated rings. The molecule has 1 unspecified atom stereocenters. The number of carbonyl (C=O) groups is 2. The number of hydrogen-bond donors (Lipinski definition) is 1. The lowest BCUT2D eigenvalue weighted by Gasteiger charge is -2.13. The molecule has 9 nitrogen and oxygen atoms in total. The molecule has 0 spiro atoms. The Hall–Kier alpha value is -2.84. The number of rotatable bonds is 4. The summed E-state index contributed by atoms with van der Waals surface area (Å²) < 4.78 is 7.55. The quantitative estimate of drug-likeness (QED) is 0.805. The normalized spacial score (nSPS) is 18.1. The number of nitrogens with zero attached hydrogens (tertiary/aromatic N) is 4. The molecule has 1 saturated heterocycles. The smallest absolute Gasteiger partial charge is 0.351 e. The van der Waals surface area contributed by atoms with E-state index in [1.165, 1.54) is 22.6 Å². The maximum atomic E-state index is 12.4. The van der Waals surface area contributed by atoms with Crippen LogP contribution in [0.2, 0.25) is 0 Å². The Morgan fingerprint density at radius 3 is 2.95 bits per heavy atom. The van der Waals surface area contributed by atoms with Crippen LogP contribution in [0.3, 0.4) is 0 Å². The van der Waals surface area contributed by atoms with Crippen LogP contribution >= 0.6 is 0 Å². The van der Waals surface area contributed by atoms with Crippen LogP contribution in [-0.2, 0) is 9.59 Å². The number of ether oxygens (including phenoxy) is 1. The first-order chi connectivity index (χ1) is 10.5. The minimum atomic E-state index is -1.09. The second kappa shape index (κ2) is 5.17. The molecule has 1 aliphatic heterocycles. The second-order valence-corrected chi connectivity index (χ2v) is 4.96. The first kappa shape index (κ1) is 14.1. The van der Waals surface area contributed by atoms with E-state index in [9.17, 15) is 14.4 Å². The first-order valence-corrected chi connectivity index (χ1v) is 6.67. The Balaban J connectivity index is 2.01. The van der Waals surface area contributed by atoms with E-state index in [2.05, 4.69) is 5.10 Å². The summed E-state index contributed by atoms with van der Waals surface area (Å²) in [5.41, 5.74) is -0.135. The molecule has 9 heteroatoms. The van der Waals surface area contributed by atoms with Crippen LogP contribution in [0, 0.1) is 0 Å². The fraction of sp³-hybridized carbons (Fsp3) is 0.385. The summed E-state index contributed by atoms with van der Waals surface area (Å²) in [7, 11) is 1.47. The number of amides is 1. The third-order valence-corrected chi connectivity index (χ3v) is 3.65. The van der Waals surface area contributed by atoms with E-state index in [1.54, 1.807) is 12.1 Å². The highest BCUT2D eigenvalue weighted by Gasteiger charge is 2.36. The van der Waals surface area contributed by atoms with Crippen LogP contribution in [0.5, 0.6) is 5.75 Å². The van der Waals surface area contributed by atoms with E-state index in [0.717, 1.165) is 4.68 Å². The monoisotopic (exact) mass is 306 g/mol. The van der Waals surface area contributed by atoms with Crippen molar-refractivity contribution in [1.29, 1.82) is 0 Å². The number of hydrogen-bond acceptors (Lipinski definition) is 5. The average molecular weight is 306 g/mol. The molecule has 2 aromatic heterocycles. The van der Waals surface area contributed by atoms with Gasteiger partial charge >= 0.3 is 11.7 Å². The van der Waals surface area contributed by atoms with Crippen molar-refractivity contribution in [3.05, 3.63) is 28.8 Å². The van der Waals surface area contributed by atoms with Crippen molar-refractivity contribution < 1.29 is 19.4 Å². The molecular formula is C13H14N4O5. The predicted octanol–water partition coefficient (Wildman–Crippen LogP) is -0.637. The van der Waals surface area contributed by atoms with Crippen LogP contribution in [0.1, 0.15) is 12.5 Å². The van der Waals surface area contributed by atoms with Gasteiger partial charge < -0.3 is 14.7 Å². The third-order valence-electron chi connectivity index (χ3n) is 3.65. The van der Waals surface area contributed by atoms with Gasteiger partial charge in [-0.3, -0.25) is 9.59 Å². The molecule has 0 aliphatic carbocycles. The number of carbonyl (C=O) groups excluding carboxylic acids is 1.